The largest absolute Gasteiger partial charge is 0.494 e. The molecule has 164 valence electrons. The lowest BCUT2D eigenvalue weighted by Gasteiger charge is -2.14. The molecule has 7 nitrogen and oxygen atoms in total. The normalized spacial score (nSPS) is 11.2. The van der Waals surface area contributed by atoms with Gasteiger partial charge in [0.05, 0.1) is 6.61 Å². The van der Waals surface area contributed by atoms with Gasteiger partial charge in [-0.05, 0) is 56.5 Å². The molecule has 0 aliphatic carbocycles. The molecule has 0 amide bonds. The summed E-state index contributed by atoms with van der Waals surface area (Å²) in [6.07, 6.45) is 4.76. The van der Waals surface area contributed by atoms with Crippen molar-refractivity contribution >= 4 is 5.96 Å². The zero-order valence-electron chi connectivity index (χ0n) is 18.3. The van der Waals surface area contributed by atoms with Crippen molar-refractivity contribution < 1.29 is 14.2 Å². The van der Waals surface area contributed by atoms with Crippen LogP contribution in [-0.2, 0) is 11.3 Å². The molecule has 1 aromatic carbocycles. The maximum atomic E-state index is 5.99. The minimum Gasteiger partial charge on any atom is -0.494 e. The van der Waals surface area contributed by atoms with Crippen molar-refractivity contribution in [2.75, 3.05) is 33.4 Å². The Kier molecular flexibility index (Phi) is 11.1. The molecule has 30 heavy (non-hydrogen) atoms. The van der Waals surface area contributed by atoms with Gasteiger partial charge in [-0.1, -0.05) is 13.0 Å². The lowest BCUT2D eigenvalue weighted by Crippen LogP contribution is -2.37. The molecule has 0 saturated carbocycles. The summed E-state index contributed by atoms with van der Waals surface area (Å²) in [5.41, 5.74) is 0.947. The average Bonchev–Trinajstić information content (AvgIpc) is 2.78. The summed E-state index contributed by atoms with van der Waals surface area (Å²) in [6, 6.07) is 11.5. The Morgan fingerprint density at radius 3 is 2.53 bits per heavy atom. The summed E-state index contributed by atoms with van der Waals surface area (Å²) in [5, 5.41) is 6.63. The number of benzene rings is 1. The molecule has 0 aliphatic heterocycles. The Hall–Kier alpha value is -2.80. The number of aliphatic imine (C=N–C) groups is 1. The number of hydrogen-bond acceptors (Lipinski definition) is 5. The smallest absolute Gasteiger partial charge is 0.224 e. The third kappa shape index (κ3) is 8.69. The van der Waals surface area contributed by atoms with E-state index in [0.717, 1.165) is 62.0 Å². The van der Waals surface area contributed by atoms with Crippen LogP contribution in [0, 0.1) is 0 Å². The second-order valence-electron chi connectivity index (χ2n) is 6.65. The SMILES string of the molecule is CCCOc1ccc(Oc2ncccc2CNC(=NC)NCCCCOCC)cc1. The molecule has 0 spiro atoms. The molecule has 7 heteroatoms. The van der Waals surface area contributed by atoms with Crippen molar-refractivity contribution in [1.29, 1.82) is 0 Å². The van der Waals surface area contributed by atoms with E-state index in [4.69, 9.17) is 14.2 Å². The molecular weight excluding hydrogens is 380 g/mol. The fourth-order valence-electron chi connectivity index (χ4n) is 2.67. The molecule has 0 atom stereocenters. The first-order valence-corrected chi connectivity index (χ1v) is 10.6. The number of guanidine groups is 1. The zero-order chi connectivity index (χ0) is 21.4. The topological polar surface area (TPSA) is 77.0 Å². The fraction of sp³-hybridized carbons (Fsp3) is 0.478. The summed E-state index contributed by atoms with van der Waals surface area (Å²) < 4.78 is 17.0. The van der Waals surface area contributed by atoms with E-state index in [-0.39, 0.29) is 0 Å². The number of unbranched alkanes of at least 4 members (excludes halogenated alkanes) is 1. The van der Waals surface area contributed by atoms with Gasteiger partial charge in [-0.3, -0.25) is 4.99 Å². The number of pyridine rings is 1. The number of ether oxygens (including phenoxy) is 3. The summed E-state index contributed by atoms with van der Waals surface area (Å²) in [4.78, 5) is 8.66. The maximum absolute atomic E-state index is 5.99. The van der Waals surface area contributed by atoms with Crippen LogP contribution in [0.1, 0.15) is 38.7 Å². The van der Waals surface area contributed by atoms with Crippen LogP contribution in [0.2, 0.25) is 0 Å². The first-order valence-electron chi connectivity index (χ1n) is 10.6. The Bertz CT molecular complexity index is 750. The van der Waals surface area contributed by atoms with E-state index in [9.17, 15) is 0 Å². The van der Waals surface area contributed by atoms with E-state index in [2.05, 4.69) is 27.5 Å². The molecule has 0 radical (unpaired) electrons. The van der Waals surface area contributed by atoms with Crippen LogP contribution in [0.3, 0.4) is 0 Å². The summed E-state index contributed by atoms with van der Waals surface area (Å²) in [5.74, 6) is 2.87. The van der Waals surface area contributed by atoms with E-state index in [1.807, 2.05) is 43.3 Å². The van der Waals surface area contributed by atoms with Crippen LogP contribution in [0.4, 0.5) is 0 Å². The molecule has 0 bridgehead atoms. The van der Waals surface area contributed by atoms with Gasteiger partial charge in [0, 0.05) is 45.1 Å². The van der Waals surface area contributed by atoms with Crippen molar-refractivity contribution in [3.63, 3.8) is 0 Å². The molecule has 0 saturated heterocycles. The van der Waals surface area contributed by atoms with Gasteiger partial charge < -0.3 is 24.8 Å². The van der Waals surface area contributed by atoms with Gasteiger partial charge in [0.15, 0.2) is 5.96 Å². The molecule has 2 rings (SSSR count). The van der Waals surface area contributed by atoms with Gasteiger partial charge in [0.1, 0.15) is 11.5 Å². The van der Waals surface area contributed by atoms with Crippen molar-refractivity contribution in [2.45, 2.75) is 39.7 Å². The quantitative estimate of drug-likeness (QED) is 0.291. The molecule has 0 unspecified atom stereocenters. The minimum atomic E-state index is 0.555. The molecule has 2 aromatic rings. The van der Waals surface area contributed by atoms with Crippen LogP contribution < -0.4 is 20.1 Å². The summed E-state index contributed by atoms with van der Waals surface area (Å²) in [7, 11) is 1.76. The van der Waals surface area contributed by atoms with Gasteiger partial charge in [-0.25, -0.2) is 4.98 Å². The first kappa shape index (κ1) is 23.5. The first-order chi connectivity index (χ1) is 14.8. The van der Waals surface area contributed by atoms with Gasteiger partial charge >= 0.3 is 0 Å². The van der Waals surface area contributed by atoms with Crippen LogP contribution in [0.25, 0.3) is 0 Å². The van der Waals surface area contributed by atoms with E-state index in [0.29, 0.717) is 19.0 Å². The molecular formula is C23H34N4O3. The third-order valence-corrected chi connectivity index (χ3v) is 4.24. The van der Waals surface area contributed by atoms with Crippen molar-refractivity contribution in [3.05, 3.63) is 48.2 Å². The highest BCUT2D eigenvalue weighted by Gasteiger charge is 2.08. The maximum Gasteiger partial charge on any atom is 0.224 e. The predicted molar refractivity (Wildman–Crippen MR) is 120 cm³/mol. The summed E-state index contributed by atoms with van der Waals surface area (Å²) in [6.45, 7) is 7.76. The number of nitrogens with zero attached hydrogens (tertiary/aromatic N) is 2. The Balaban J connectivity index is 1.85. The molecule has 2 N–H and O–H groups in total. The van der Waals surface area contributed by atoms with Crippen molar-refractivity contribution in [1.82, 2.24) is 15.6 Å². The van der Waals surface area contributed by atoms with E-state index in [1.165, 1.54) is 0 Å². The number of hydrogen-bond donors (Lipinski definition) is 2. The lowest BCUT2D eigenvalue weighted by atomic mass is 10.2. The highest BCUT2D eigenvalue weighted by atomic mass is 16.5. The molecule has 1 aromatic heterocycles. The zero-order valence-corrected chi connectivity index (χ0v) is 18.3. The number of rotatable bonds is 13. The average molecular weight is 415 g/mol. The molecule has 0 aliphatic rings. The highest BCUT2D eigenvalue weighted by molar-refractivity contribution is 5.79. The van der Waals surface area contributed by atoms with Crippen LogP contribution >= 0.6 is 0 Å². The standard InChI is InChI=1S/C23H34N4O3/c1-4-16-29-20-10-12-21(13-11-20)30-22-19(9-8-15-25-22)18-27-23(24-3)26-14-6-7-17-28-5-2/h8-13,15H,4-7,14,16-18H2,1-3H3,(H2,24,26,27). The number of nitrogens with one attached hydrogen (secondary N) is 2. The molecule has 0 fully saturated rings. The van der Waals surface area contributed by atoms with E-state index in [1.54, 1.807) is 13.2 Å². The Morgan fingerprint density at radius 2 is 1.80 bits per heavy atom. The van der Waals surface area contributed by atoms with Crippen molar-refractivity contribution in [2.24, 2.45) is 4.99 Å². The lowest BCUT2D eigenvalue weighted by molar-refractivity contribution is 0.143. The van der Waals surface area contributed by atoms with Gasteiger partial charge in [-0.2, -0.15) is 0 Å². The van der Waals surface area contributed by atoms with Gasteiger partial charge in [0.2, 0.25) is 5.88 Å². The Labute approximate surface area is 179 Å². The third-order valence-electron chi connectivity index (χ3n) is 4.24. The van der Waals surface area contributed by atoms with E-state index < -0.39 is 0 Å². The monoisotopic (exact) mass is 414 g/mol. The summed E-state index contributed by atoms with van der Waals surface area (Å²) >= 11 is 0. The second-order valence-corrected chi connectivity index (χ2v) is 6.65. The minimum absolute atomic E-state index is 0.555. The van der Waals surface area contributed by atoms with Crippen LogP contribution in [0.15, 0.2) is 47.6 Å². The van der Waals surface area contributed by atoms with Crippen molar-refractivity contribution in [3.8, 4) is 17.4 Å². The van der Waals surface area contributed by atoms with Crippen LogP contribution in [-0.4, -0.2) is 44.4 Å². The highest BCUT2D eigenvalue weighted by Crippen LogP contribution is 2.25. The molecule has 1 heterocycles. The van der Waals surface area contributed by atoms with Gasteiger partial charge in [-0.15, -0.1) is 0 Å². The fourth-order valence-corrected chi connectivity index (χ4v) is 2.67. The second kappa shape index (κ2) is 14.2. The van der Waals surface area contributed by atoms with E-state index >= 15 is 0 Å². The van der Waals surface area contributed by atoms with Gasteiger partial charge in [0.25, 0.3) is 0 Å². The Morgan fingerprint density at radius 1 is 1.00 bits per heavy atom. The predicted octanol–water partition coefficient (Wildman–Crippen LogP) is 4.14. The number of aromatic nitrogens is 1. The van der Waals surface area contributed by atoms with Crippen LogP contribution in [0.5, 0.6) is 17.4 Å².